The SMILES string of the molecule is CCC[C@H](NC(=O)NC(C)Cc1ccccc1)C(=O)O. The summed E-state index contributed by atoms with van der Waals surface area (Å²) >= 11 is 0. The van der Waals surface area contributed by atoms with Crippen LogP contribution in [0.3, 0.4) is 0 Å². The average molecular weight is 278 g/mol. The summed E-state index contributed by atoms with van der Waals surface area (Å²) in [4.78, 5) is 22.7. The van der Waals surface area contributed by atoms with E-state index in [0.29, 0.717) is 19.3 Å². The van der Waals surface area contributed by atoms with Crippen molar-refractivity contribution in [2.45, 2.75) is 45.2 Å². The number of aliphatic carboxylic acids is 1. The summed E-state index contributed by atoms with van der Waals surface area (Å²) in [5.74, 6) is -1.00. The Morgan fingerprint density at radius 3 is 2.40 bits per heavy atom. The molecule has 1 rings (SSSR count). The molecule has 2 amide bonds. The Labute approximate surface area is 119 Å². The van der Waals surface area contributed by atoms with Crippen LogP contribution in [-0.4, -0.2) is 29.2 Å². The summed E-state index contributed by atoms with van der Waals surface area (Å²) in [7, 11) is 0. The number of hydrogen-bond acceptors (Lipinski definition) is 2. The van der Waals surface area contributed by atoms with Crippen LogP contribution < -0.4 is 10.6 Å². The van der Waals surface area contributed by atoms with Gasteiger partial charge >= 0.3 is 12.0 Å². The van der Waals surface area contributed by atoms with Gasteiger partial charge in [-0.05, 0) is 25.3 Å². The van der Waals surface area contributed by atoms with Crippen molar-refractivity contribution < 1.29 is 14.7 Å². The number of hydrogen-bond donors (Lipinski definition) is 3. The highest BCUT2D eigenvalue weighted by Gasteiger charge is 2.19. The molecule has 0 aliphatic carbocycles. The Bertz CT molecular complexity index is 434. The Hall–Kier alpha value is -2.04. The van der Waals surface area contributed by atoms with E-state index in [2.05, 4.69) is 10.6 Å². The van der Waals surface area contributed by atoms with E-state index in [9.17, 15) is 9.59 Å². The monoisotopic (exact) mass is 278 g/mol. The van der Waals surface area contributed by atoms with Crippen molar-refractivity contribution in [1.82, 2.24) is 10.6 Å². The standard InChI is InChI=1S/C15H22N2O3/c1-3-7-13(14(18)19)17-15(20)16-11(2)10-12-8-5-4-6-9-12/h4-6,8-9,11,13H,3,7,10H2,1-2H3,(H,18,19)(H2,16,17,20)/t11?,13-/m0/s1. The molecule has 0 aliphatic rings. The van der Waals surface area contributed by atoms with E-state index in [4.69, 9.17) is 5.11 Å². The molecule has 0 radical (unpaired) electrons. The molecular weight excluding hydrogens is 256 g/mol. The predicted octanol–water partition coefficient (Wildman–Crippen LogP) is 2.17. The van der Waals surface area contributed by atoms with Crippen molar-refractivity contribution in [2.75, 3.05) is 0 Å². The van der Waals surface area contributed by atoms with Crippen molar-refractivity contribution in [2.24, 2.45) is 0 Å². The van der Waals surface area contributed by atoms with Gasteiger partial charge in [0.15, 0.2) is 0 Å². The van der Waals surface area contributed by atoms with E-state index in [1.807, 2.05) is 44.2 Å². The van der Waals surface area contributed by atoms with E-state index in [1.165, 1.54) is 0 Å². The van der Waals surface area contributed by atoms with E-state index >= 15 is 0 Å². The molecule has 5 heteroatoms. The zero-order chi connectivity index (χ0) is 15.0. The normalized spacial score (nSPS) is 13.3. The molecule has 110 valence electrons. The lowest BCUT2D eigenvalue weighted by Gasteiger charge is -2.18. The second-order valence-corrected chi connectivity index (χ2v) is 4.89. The van der Waals surface area contributed by atoms with Gasteiger partial charge in [0.05, 0.1) is 0 Å². The Balaban J connectivity index is 2.43. The second-order valence-electron chi connectivity index (χ2n) is 4.89. The number of carbonyl (C=O) groups is 2. The van der Waals surface area contributed by atoms with Crippen LogP contribution in [0.15, 0.2) is 30.3 Å². The van der Waals surface area contributed by atoms with Crippen LogP contribution in [0.4, 0.5) is 4.79 Å². The molecule has 1 aromatic rings. The van der Waals surface area contributed by atoms with Crippen molar-refractivity contribution in [3.8, 4) is 0 Å². The van der Waals surface area contributed by atoms with Gasteiger partial charge in [0.2, 0.25) is 0 Å². The van der Waals surface area contributed by atoms with E-state index < -0.39 is 18.0 Å². The highest BCUT2D eigenvalue weighted by atomic mass is 16.4. The fraction of sp³-hybridized carbons (Fsp3) is 0.467. The molecule has 0 spiro atoms. The number of nitrogens with one attached hydrogen (secondary N) is 2. The van der Waals surface area contributed by atoms with Crippen molar-refractivity contribution in [3.05, 3.63) is 35.9 Å². The first-order valence-electron chi connectivity index (χ1n) is 6.86. The Morgan fingerprint density at radius 2 is 1.85 bits per heavy atom. The molecular formula is C15H22N2O3. The third kappa shape index (κ3) is 5.73. The molecule has 1 aromatic carbocycles. The number of amides is 2. The zero-order valence-corrected chi connectivity index (χ0v) is 11.9. The maximum Gasteiger partial charge on any atom is 0.326 e. The maximum atomic E-state index is 11.7. The van der Waals surface area contributed by atoms with Crippen LogP contribution in [0.5, 0.6) is 0 Å². The van der Waals surface area contributed by atoms with E-state index in [-0.39, 0.29) is 6.04 Å². The minimum Gasteiger partial charge on any atom is -0.480 e. The highest BCUT2D eigenvalue weighted by Crippen LogP contribution is 2.03. The quantitative estimate of drug-likeness (QED) is 0.715. The Morgan fingerprint density at radius 1 is 1.20 bits per heavy atom. The minimum atomic E-state index is -1.00. The van der Waals surface area contributed by atoms with Gasteiger partial charge < -0.3 is 15.7 Å². The van der Waals surface area contributed by atoms with Crippen molar-refractivity contribution >= 4 is 12.0 Å². The van der Waals surface area contributed by atoms with Crippen LogP contribution in [0.25, 0.3) is 0 Å². The predicted molar refractivity (Wildman–Crippen MR) is 77.6 cm³/mol. The molecule has 2 atom stereocenters. The first-order valence-corrected chi connectivity index (χ1v) is 6.86. The largest absolute Gasteiger partial charge is 0.480 e. The molecule has 20 heavy (non-hydrogen) atoms. The smallest absolute Gasteiger partial charge is 0.326 e. The van der Waals surface area contributed by atoms with Gasteiger partial charge in [0.25, 0.3) is 0 Å². The third-order valence-electron chi connectivity index (χ3n) is 2.94. The summed E-state index contributed by atoms with van der Waals surface area (Å²) in [6.07, 6.45) is 1.84. The molecule has 0 saturated carbocycles. The molecule has 0 saturated heterocycles. The van der Waals surface area contributed by atoms with Crippen molar-refractivity contribution in [1.29, 1.82) is 0 Å². The third-order valence-corrected chi connectivity index (χ3v) is 2.94. The van der Waals surface area contributed by atoms with Gasteiger partial charge in [-0.15, -0.1) is 0 Å². The second kappa shape index (κ2) is 8.19. The van der Waals surface area contributed by atoms with Crippen LogP contribution >= 0.6 is 0 Å². The first kappa shape index (κ1) is 16.0. The molecule has 0 bridgehead atoms. The number of benzene rings is 1. The maximum absolute atomic E-state index is 11.7. The molecule has 0 aliphatic heterocycles. The number of carboxylic acids is 1. The molecule has 1 unspecified atom stereocenters. The fourth-order valence-corrected chi connectivity index (χ4v) is 1.99. The van der Waals surface area contributed by atoms with Gasteiger partial charge in [-0.3, -0.25) is 0 Å². The lowest BCUT2D eigenvalue weighted by molar-refractivity contribution is -0.139. The molecule has 0 aromatic heterocycles. The molecule has 3 N–H and O–H groups in total. The lowest BCUT2D eigenvalue weighted by Crippen LogP contribution is -2.48. The number of urea groups is 1. The Kier molecular flexibility index (Phi) is 6.56. The summed E-state index contributed by atoms with van der Waals surface area (Å²) in [6.45, 7) is 3.77. The molecule has 0 fully saturated rings. The van der Waals surface area contributed by atoms with Gasteiger partial charge in [0.1, 0.15) is 6.04 Å². The van der Waals surface area contributed by atoms with Crippen LogP contribution in [-0.2, 0) is 11.2 Å². The highest BCUT2D eigenvalue weighted by molar-refractivity contribution is 5.82. The topological polar surface area (TPSA) is 78.4 Å². The lowest BCUT2D eigenvalue weighted by atomic mass is 10.1. The van der Waals surface area contributed by atoms with E-state index in [0.717, 1.165) is 5.56 Å². The van der Waals surface area contributed by atoms with Crippen molar-refractivity contribution in [3.63, 3.8) is 0 Å². The van der Waals surface area contributed by atoms with Gasteiger partial charge in [0, 0.05) is 6.04 Å². The summed E-state index contributed by atoms with van der Waals surface area (Å²) in [5.41, 5.74) is 1.13. The van der Waals surface area contributed by atoms with Crippen LogP contribution in [0.2, 0.25) is 0 Å². The zero-order valence-electron chi connectivity index (χ0n) is 11.9. The summed E-state index contributed by atoms with van der Waals surface area (Å²) in [5, 5.41) is 14.2. The number of carbonyl (C=O) groups excluding carboxylic acids is 1. The summed E-state index contributed by atoms with van der Waals surface area (Å²) < 4.78 is 0. The van der Waals surface area contributed by atoms with Gasteiger partial charge in [-0.25, -0.2) is 9.59 Å². The van der Waals surface area contributed by atoms with Gasteiger partial charge in [-0.2, -0.15) is 0 Å². The fourth-order valence-electron chi connectivity index (χ4n) is 1.99. The first-order chi connectivity index (χ1) is 9.52. The van der Waals surface area contributed by atoms with E-state index in [1.54, 1.807) is 0 Å². The van der Waals surface area contributed by atoms with Gasteiger partial charge in [-0.1, -0.05) is 43.7 Å². The molecule has 0 heterocycles. The minimum absolute atomic E-state index is 0.0616. The summed E-state index contributed by atoms with van der Waals surface area (Å²) in [6, 6.07) is 8.50. The number of carboxylic acid groups (broad SMARTS) is 1. The average Bonchev–Trinajstić information content (AvgIpc) is 2.38. The van der Waals surface area contributed by atoms with Crippen LogP contribution in [0, 0.1) is 0 Å². The number of rotatable bonds is 7. The van der Waals surface area contributed by atoms with Crippen LogP contribution in [0.1, 0.15) is 32.3 Å². The molecule has 5 nitrogen and oxygen atoms in total.